The Hall–Kier alpha value is -1.32. The van der Waals surface area contributed by atoms with E-state index in [1.165, 1.54) is 33.7 Å². The van der Waals surface area contributed by atoms with Crippen LogP contribution in [0.2, 0.25) is 0 Å². The van der Waals surface area contributed by atoms with Gasteiger partial charge in [-0.2, -0.15) is 0 Å². The normalized spacial score (nSPS) is 14.6. The van der Waals surface area contributed by atoms with Crippen LogP contribution in [-0.2, 0) is 6.54 Å². The van der Waals surface area contributed by atoms with E-state index < -0.39 is 0 Å². The van der Waals surface area contributed by atoms with Gasteiger partial charge in [-0.15, -0.1) is 11.3 Å². The molecule has 1 heterocycles. The Labute approximate surface area is 118 Å². The maximum absolute atomic E-state index is 5.46. The summed E-state index contributed by atoms with van der Waals surface area (Å²) in [6.45, 7) is 3.04. The molecule has 100 valence electrons. The lowest BCUT2D eigenvalue weighted by molar-refractivity contribution is 0.407. The van der Waals surface area contributed by atoms with E-state index in [1.54, 1.807) is 7.11 Å². The number of hydrogen-bond acceptors (Lipinski definition) is 3. The quantitative estimate of drug-likeness (QED) is 0.889. The Morgan fingerprint density at radius 2 is 2.11 bits per heavy atom. The molecule has 0 aliphatic heterocycles. The van der Waals surface area contributed by atoms with Gasteiger partial charge >= 0.3 is 0 Å². The number of thiophene rings is 1. The minimum Gasteiger partial charge on any atom is -0.496 e. The van der Waals surface area contributed by atoms with Gasteiger partial charge in [0.25, 0.3) is 0 Å². The fourth-order valence-electron chi connectivity index (χ4n) is 2.20. The molecule has 1 aromatic heterocycles. The van der Waals surface area contributed by atoms with Gasteiger partial charge in [-0.05, 0) is 55.7 Å². The first-order valence-electron chi connectivity index (χ1n) is 6.73. The first-order valence-corrected chi connectivity index (χ1v) is 7.55. The molecule has 1 fully saturated rings. The molecule has 0 atom stereocenters. The molecule has 19 heavy (non-hydrogen) atoms. The van der Waals surface area contributed by atoms with Crippen molar-refractivity contribution in [2.75, 3.05) is 7.11 Å². The van der Waals surface area contributed by atoms with Gasteiger partial charge in [0.15, 0.2) is 0 Å². The van der Waals surface area contributed by atoms with E-state index in [9.17, 15) is 0 Å². The lowest BCUT2D eigenvalue weighted by atomic mass is 10.1. The zero-order valence-electron chi connectivity index (χ0n) is 11.4. The number of benzene rings is 1. The maximum atomic E-state index is 5.46. The van der Waals surface area contributed by atoms with Crippen LogP contribution >= 0.6 is 11.3 Å². The standard InChI is InChI=1S/C16H19NOS/c1-11-3-8-16(19-11)12-4-7-15(18-2)13(9-12)10-17-14-5-6-14/h3-4,7-9,14,17H,5-6,10H2,1-2H3. The van der Waals surface area contributed by atoms with Crippen LogP contribution in [0.1, 0.15) is 23.3 Å². The van der Waals surface area contributed by atoms with Gasteiger partial charge in [0.2, 0.25) is 0 Å². The van der Waals surface area contributed by atoms with Gasteiger partial charge in [0.1, 0.15) is 5.75 Å². The molecule has 2 nitrogen and oxygen atoms in total. The van der Waals surface area contributed by atoms with Gasteiger partial charge in [0.05, 0.1) is 7.11 Å². The lowest BCUT2D eigenvalue weighted by Crippen LogP contribution is -2.15. The Balaban J connectivity index is 1.86. The van der Waals surface area contributed by atoms with Gasteiger partial charge in [0, 0.05) is 27.9 Å². The minimum absolute atomic E-state index is 0.720. The van der Waals surface area contributed by atoms with Crippen molar-refractivity contribution in [2.24, 2.45) is 0 Å². The average Bonchev–Trinajstić information content (AvgIpc) is 3.16. The third-order valence-corrected chi connectivity index (χ3v) is 4.51. The predicted molar refractivity (Wildman–Crippen MR) is 80.9 cm³/mol. The first kappa shape index (κ1) is 12.7. The summed E-state index contributed by atoms with van der Waals surface area (Å²) in [6.07, 6.45) is 2.62. The average molecular weight is 273 g/mol. The third-order valence-electron chi connectivity index (χ3n) is 3.46. The summed E-state index contributed by atoms with van der Waals surface area (Å²) in [5, 5.41) is 3.55. The van der Waals surface area contributed by atoms with Crippen LogP contribution in [0.5, 0.6) is 5.75 Å². The number of ether oxygens (including phenoxy) is 1. The number of hydrogen-bond donors (Lipinski definition) is 1. The van der Waals surface area contributed by atoms with Gasteiger partial charge < -0.3 is 10.1 Å². The highest BCUT2D eigenvalue weighted by atomic mass is 32.1. The summed E-state index contributed by atoms with van der Waals surface area (Å²) in [7, 11) is 1.74. The lowest BCUT2D eigenvalue weighted by Gasteiger charge is -2.11. The van der Waals surface area contributed by atoms with Gasteiger partial charge in [-0.3, -0.25) is 0 Å². The van der Waals surface area contributed by atoms with Gasteiger partial charge in [-0.25, -0.2) is 0 Å². The minimum atomic E-state index is 0.720. The van der Waals surface area contributed by atoms with Crippen molar-refractivity contribution in [1.29, 1.82) is 0 Å². The molecule has 2 aromatic rings. The highest BCUT2D eigenvalue weighted by Crippen LogP contribution is 2.31. The van der Waals surface area contributed by atoms with E-state index >= 15 is 0 Å². The number of methoxy groups -OCH3 is 1. The monoisotopic (exact) mass is 273 g/mol. The summed E-state index contributed by atoms with van der Waals surface area (Å²) in [5.41, 5.74) is 2.53. The molecule has 1 N–H and O–H groups in total. The van der Waals surface area contributed by atoms with Crippen LogP contribution in [0.4, 0.5) is 0 Å². The fraction of sp³-hybridized carbons (Fsp3) is 0.375. The van der Waals surface area contributed by atoms with E-state index in [2.05, 4.69) is 42.6 Å². The SMILES string of the molecule is COc1ccc(-c2ccc(C)s2)cc1CNC1CC1. The zero-order chi connectivity index (χ0) is 13.2. The number of aryl methyl sites for hydroxylation is 1. The molecule has 3 rings (SSSR count). The van der Waals surface area contributed by atoms with Crippen LogP contribution in [0, 0.1) is 6.92 Å². The number of nitrogens with one attached hydrogen (secondary N) is 1. The molecular weight excluding hydrogens is 254 g/mol. The summed E-state index contributed by atoms with van der Waals surface area (Å²) in [4.78, 5) is 2.68. The van der Waals surface area contributed by atoms with Crippen molar-refractivity contribution in [3.8, 4) is 16.2 Å². The number of rotatable bonds is 5. The van der Waals surface area contributed by atoms with Gasteiger partial charge in [-0.1, -0.05) is 0 Å². The zero-order valence-corrected chi connectivity index (χ0v) is 12.2. The molecular formula is C16H19NOS. The van der Waals surface area contributed by atoms with E-state index in [0.29, 0.717) is 0 Å². The molecule has 0 spiro atoms. The molecule has 1 saturated carbocycles. The summed E-state index contributed by atoms with van der Waals surface area (Å²) in [5.74, 6) is 0.977. The van der Waals surface area contributed by atoms with Crippen molar-refractivity contribution in [2.45, 2.75) is 32.4 Å². The second-order valence-electron chi connectivity index (χ2n) is 5.09. The molecule has 0 unspecified atom stereocenters. The maximum Gasteiger partial charge on any atom is 0.123 e. The Morgan fingerprint density at radius 1 is 1.26 bits per heavy atom. The van der Waals surface area contributed by atoms with E-state index in [4.69, 9.17) is 4.74 Å². The van der Waals surface area contributed by atoms with E-state index in [-0.39, 0.29) is 0 Å². The molecule has 1 aromatic carbocycles. The summed E-state index contributed by atoms with van der Waals surface area (Å²) >= 11 is 1.84. The molecule has 0 bridgehead atoms. The van der Waals surface area contributed by atoms with Crippen LogP contribution in [0.15, 0.2) is 30.3 Å². The van der Waals surface area contributed by atoms with Crippen LogP contribution in [0.3, 0.4) is 0 Å². The highest BCUT2D eigenvalue weighted by Gasteiger charge is 2.20. The van der Waals surface area contributed by atoms with Crippen molar-refractivity contribution in [1.82, 2.24) is 5.32 Å². The van der Waals surface area contributed by atoms with Crippen LogP contribution in [-0.4, -0.2) is 13.2 Å². The summed E-state index contributed by atoms with van der Waals surface area (Å²) in [6, 6.07) is 11.6. The molecule has 1 aliphatic carbocycles. The topological polar surface area (TPSA) is 21.3 Å². The van der Waals surface area contributed by atoms with E-state index in [1.807, 2.05) is 11.3 Å². The molecule has 0 amide bonds. The Kier molecular flexibility index (Phi) is 3.58. The van der Waals surface area contributed by atoms with Crippen molar-refractivity contribution < 1.29 is 4.74 Å². The third kappa shape index (κ3) is 2.99. The largest absolute Gasteiger partial charge is 0.496 e. The molecule has 3 heteroatoms. The smallest absolute Gasteiger partial charge is 0.123 e. The van der Waals surface area contributed by atoms with Crippen LogP contribution in [0.25, 0.3) is 10.4 Å². The molecule has 1 aliphatic rings. The van der Waals surface area contributed by atoms with Crippen molar-refractivity contribution >= 4 is 11.3 Å². The van der Waals surface area contributed by atoms with Crippen molar-refractivity contribution in [3.05, 3.63) is 40.8 Å². The predicted octanol–water partition coefficient (Wildman–Crippen LogP) is 3.98. The Morgan fingerprint density at radius 3 is 2.74 bits per heavy atom. The second kappa shape index (κ2) is 5.35. The molecule has 0 saturated heterocycles. The second-order valence-corrected chi connectivity index (χ2v) is 6.38. The molecule has 0 radical (unpaired) electrons. The first-order chi connectivity index (χ1) is 9.26. The highest BCUT2D eigenvalue weighted by molar-refractivity contribution is 7.15. The fourth-order valence-corrected chi connectivity index (χ4v) is 3.07. The van der Waals surface area contributed by atoms with E-state index in [0.717, 1.165) is 18.3 Å². The van der Waals surface area contributed by atoms with Crippen LogP contribution < -0.4 is 10.1 Å². The Bertz CT molecular complexity index is 572. The van der Waals surface area contributed by atoms with Crippen molar-refractivity contribution in [3.63, 3.8) is 0 Å². The summed E-state index contributed by atoms with van der Waals surface area (Å²) < 4.78 is 5.46.